The topological polar surface area (TPSA) is 58.6 Å². The Bertz CT molecular complexity index is 518. The summed E-state index contributed by atoms with van der Waals surface area (Å²) in [6, 6.07) is 5.72. The van der Waals surface area contributed by atoms with Gasteiger partial charge < -0.3 is 15.2 Å². The number of aliphatic hydroxyl groups excluding tert-OH is 1. The Morgan fingerprint density at radius 1 is 1.30 bits per heavy atom. The highest BCUT2D eigenvalue weighted by molar-refractivity contribution is 5.76. The first-order valence-electron chi connectivity index (χ1n) is 7.35. The standard InChI is InChI=1S/C16H22F3NO3/c1-10(2)14(21)8-15(22)20-11(3)12-5-4-6-13(7-12)23-9-16(17,18)19/h4-7,10-11,14,21H,8-9H2,1-3H3,(H,20,22)/t11-,14?/m0/s1. The maximum atomic E-state index is 12.2. The fourth-order valence-corrected chi connectivity index (χ4v) is 1.85. The summed E-state index contributed by atoms with van der Waals surface area (Å²) in [6.45, 7) is 3.96. The van der Waals surface area contributed by atoms with Crippen LogP contribution in [0.4, 0.5) is 13.2 Å². The van der Waals surface area contributed by atoms with Crippen LogP contribution in [-0.2, 0) is 4.79 Å². The zero-order valence-electron chi connectivity index (χ0n) is 13.4. The van der Waals surface area contributed by atoms with Crippen LogP contribution in [-0.4, -0.2) is 29.9 Å². The van der Waals surface area contributed by atoms with Crippen molar-refractivity contribution in [3.8, 4) is 5.75 Å². The second-order valence-corrected chi connectivity index (χ2v) is 5.78. The summed E-state index contributed by atoms with van der Waals surface area (Å²) in [7, 11) is 0. The molecule has 1 aromatic rings. The number of hydrogen-bond donors (Lipinski definition) is 2. The zero-order chi connectivity index (χ0) is 17.6. The molecule has 2 N–H and O–H groups in total. The van der Waals surface area contributed by atoms with Crippen LogP contribution in [0.5, 0.6) is 5.75 Å². The Kier molecular flexibility index (Phi) is 6.87. The number of carbonyl (C=O) groups is 1. The Balaban J connectivity index is 2.62. The van der Waals surface area contributed by atoms with Crippen molar-refractivity contribution in [1.82, 2.24) is 5.32 Å². The van der Waals surface area contributed by atoms with Gasteiger partial charge in [-0.3, -0.25) is 4.79 Å². The molecule has 0 fully saturated rings. The third-order valence-corrected chi connectivity index (χ3v) is 3.30. The highest BCUT2D eigenvalue weighted by atomic mass is 19.4. The molecule has 0 saturated carbocycles. The van der Waals surface area contributed by atoms with E-state index >= 15 is 0 Å². The van der Waals surface area contributed by atoms with E-state index in [1.54, 1.807) is 19.1 Å². The van der Waals surface area contributed by atoms with Gasteiger partial charge in [0.2, 0.25) is 5.91 Å². The van der Waals surface area contributed by atoms with Crippen molar-refractivity contribution in [3.63, 3.8) is 0 Å². The molecule has 7 heteroatoms. The number of rotatable bonds is 7. The molecule has 0 bridgehead atoms. The largest absolute Gasteiger partial charge is 0.484 e. The quantitative estimate of drug-likeness (QED) is 0.805. The summed E-state index contributed by atoms with van der Waals surface area (Å²) in [6.07, 6.45) is -5.15. The predicted octanol–water partition coefficient (Wildman–Crippen LogP) is 3.21. The number of nitrogens with one attached hydrogen (secondary N) is 1. The van der Waals surface area contributed by atoms with Gasteiger partial charge in [-0.1, -0.05) is 26.0 Å². The van der Waals surface area contributed by atoms with Crippen molar-refractivity contribution >= 4 is 5.91 Å². The van der Waals surface area contributed by atoms with Crippen LogP contribution in [0.1, 0.15) is 38.8 Å². The molecule has 0 spiro atoms. The van der Waals surface area contributed by atoms with Crippen LogP contribution >= 0.6 is 0 Å². The molecule has 0 radical (unpaired) electrons. The van der Waals surface area contributed by atoms with Crippen molar-refractivity contribution < 1.29 is 27.8 Å². The lowest BCUT2D eigenvalue weighted by molar-refractivity contribution is -0.153. The Hall–Kier alpha value is -1.76. The number of hydrogen-bond acceptors (Lipinski definition) is 3. The minimum absolute atomic E-state index is 0.0216. The van der Waals surface area contributed by atoms with Crippen LogP contribution < -0.4 is 10.1 Å². The van der Waals surface area contributed by atoms with E-state index in [0.717, 1.165) is 0 Å². The maximum absolute atomic E-state index is 12.2. The van der Waals surface area contributed by atoms with Gasteiger partial charge in [0.1, 0.15) is 5.75 Å². The lowest BCUT2D eigenvalue weighted by Crippen LogP contribution is -2.31. The minimum atomic E-state index is -4.40. The van der Waals surface area contributed by atoms with Crippen LogP contribution in [0, 0.1) is 5.92 Å². The molecule has 1 rings (SSSR count). The number of aliphatic hydroxyl groups is 1. The lowest BCUT2D eigenvalue weighted by Gasteiger charge is -2.18. The van der Waals surface area contributed by atoms with E-state index in [4.69, 9.17) is 0 Å². The van der Waals surface area contributed by atoms with Crippen molar-refractivity contribution in [2.24, 2.45) is 5.92 Å². The molecule has 0 aliphatic rings. The third kappa shape index (κ3) is 7.36. The molecule has 0 aliphatic carbocycles. The van der Waals surface area contributed by atoms with Crippen LogP contribution in [0.25, 0.3) is 0 Å². The number of alkyl halides is 3. The first kappa shape index (κ1) is 19.3. The molecule has 2 atom stereocenters. The van der Waals surface area contributed by atoms with E-state index in [0.29, 0.717) is 5.56 Å². The summed E-state index contributed by atoms with van der Waals surface area (Å²) in [5.74, 6) is -0.265. The number of benzene rings is 1. The fourth-order valence-electron chi connectivity index (χ4n) is 1.85. The molecule has 0 aromatic heterocycles. The van der Waals surface area contributed by atoms with Crippen LogP contribution in [0.2, 0.25) is 0 Å². The van der Waals surface area contributed by atoms with Gasteiger partial charge in [0.25, 0.3) is 0 Å². The smallest absolute Gasteiger partial charge is 0.422 e. The number of halogens is 3. The van der Waals surface area contributed by atoms with Gasteiger partial charge in [-0.15, -0.1) is 0 Å². The van der Waals surface area contributed by atoms with Gasteiger partial charge in [-0.25, -0.2) is 0 Å². The monoisotopic (exact) mass is 333 g/mol. The van der Waals surface area contributed by atoms with Gasteiger partial charge in [-0.2, -0.15) is 13.2 Å². The molecule has 1 aromatic carbocycles. The average molecular weight is 333 g/mol. The lowest BCUT2D eigenvalue weighted by atomic mass is 10.0. The van der Waals surface area contributed by atoms with E-state index in [2.05, 4.69) is 10.1 Å². The summed E-state index contributed by atoms with van der Waals surface area (Å²) in [5.41, 5.74) is 0.622. The molecule has 0 heterocycles. The summed E-state index contributed by atoms with van der Waals surface area (Å²) < 4.78 is 41.1. The van der Waals surface area contributed by atoms with Crippen molar-refractivity contribution in [1.29, 1.82) is 0 Å². The second kappa shape index (κ2) is 8.19. The van der Waals surface area contributed by atoms with Crippen LogP contribution in [0.15, 0.2) is 24.3 Å². The third-order valence-electron chi connectivity index (χ3n) is 3.30. The van der Waals surface area contributed by atoms with E-state index < -0.39 is 24.9 Å². The molecule has 4 nitrogen and oxygen atoms in total. The number of ether oxygens (including phenoxy) is 1. The highest BCUT2D eigenvalue weighted by Crippen LogP contribution is 2.22. The average Bonchev–Trinajstić information content (AvgIpc) is 2.44. The Labute approximate surface area is 133 Å². The second-order valence-electron chi connectivity index (χ2n) is 5.78. The molecule has 1 amide bonds. The molecular formula is C16H22F3NO3. The Morgan fingerprint density at radius 2 is 1.96 bits per heavy atom. The molecule has 0 saturated heterocycles. The zero-order valence-corrected chi connectivity index (χ0v) is 13.4. The van der Waals surface area contributed by atoms with Crippen molar-refractivity contribution in [2.45, 2.75) is 45.5 Å². The highest BCUT2D eigenvalue weighted by Gasteiger charge is 2.28. The van der Waals surface area contributed by atoms with Crippen molar-refractivity contribution in [3.05, 3.63) is 29.8 Å². The van der Waals surface area contributed by atoms with E-state index in [1.807, 2.05) is 13.8 Å². The first-order valence-corrected chi connectivity index (χ1v) is 7.35. The molecule has 0 aliphatic heterocycles. The van der Waals surface area contributed by atoms with Gasteiger partial charge in [-0.05, 0) is 30.5 Å². The number of amides is 1. The van der Waals surface area contributed by atoms with Crippen LogP contribution in [0.3, 0.4) is 0 Å². The van der Waals surface area contributed by atoms with E-state index in [9.17, 15) is 23.1 Å². The fraction of sp³-hybridized carbons (Fsp3) is 0.562. The summed E-state index contributed by atoms with van der Waals surface area (Å²) in [5, 5.41) is 12.4. The van der Waals surface area contributed by atoms with Gasteiger partial charge in [0, 0.05) is 0 Å². The number of carbonyl (C=O) groups excluding carboxylic acids is 1. The minimum Gasteiger partial charge on any atom is -0.484 e. The Morgan fingerprint density at radius 3 is 2.52 bits per heavy atom. The normalized spacial score (nSPS) is 14.4. The molecule has 130 valence electrons. The summed E-state index contributed by atoms with van der Waals surface area (Å²) in [4.78, 5) is 11.8. The summed E-state index contributed by atoms with van der Waals surface area (Å²) >= 11 is 0. The molecule has 23 heavy (non-hydrogen) atoms. The SMILES string of the molecule is CC(C)C(O)CC(=O)N[C@@H](C)c1cccc(OCC(F)(F)F)c1. The van der Waals surface area contributed by atoms with Gasteiger partial charge in [0.05, 0.1) is 18.6 Å². The van der Waals surface area contributed by atoms with Gasteiger partial charge >= 0.3 is 6.18 Å². The predicted molar refractivity (Wildman–Crippen MR) is 80.0 cm³/mol. The first-order chi connectivity index (χ1) is 10.6. The molecule has 1 unspecified atom stereocenters. The van der Waals surface area contributed by atoms with E-state index in [1.165, 1.54) is 12.1 Å². The van der Waals surface area contributed by atoms with E-state index in [-0.39, 0.29) is 24.0 Å². The molecular weight excluding hydrogens is 311 g/mol. The van der Waals surface area contributed by atoms with Crippen molar-refractivity contribution in [2.75, 3.05) is 6.61 Å². The maximum Gasteiger partial charge on any atom is 0.422 e. The van der Waals surface area contributed by atoms with Gasteiger partial charge in [0.15, 0.2) is 6.61 Å².